The van der Waals surface area contributed by atoms with Crippen molar-refractivity contribution in [2.75, 3.05) is 25.2 Å². The largest absolute Gasteiger partial charge is 0.385 e. The zero-order chi connectivity index (χ0) is 10.8. The number of nitrogens with one attached hydrogen (secondary N) is 1. The Bertz CT molecular complexity index is 122. The van der Waals surface area contributed by atoms with Crippen LogP contribution in [0.3, 0.4) is 0 Å². The number of thioether (sulfide) groups is 1. The van der Waals surface area contributed by atoms with Crippen LogP contribution in [-0.2, 0) is 4.74 Å². The molecule has 0 aliphatic heterocycles. The molecular formula is C11H25NOS. The molecule has 0 fully saturated rings. The molecule has 2 atom stereocenters. The maximum atomic E-state index is 5.05. The van der Waals surface area contributed by atoms with Gasteiger partial charge < -0.3 is 10.1 Å². The predicted molar refractivity (Wildman–Crippen MR) is 66.2 cm³/mol. The summed E-state index contributed by atoms with van der Waals surface area (Å²) in [5.74, 6) is 2.49. The van der Waals surface area contributed by atoms with Crippen LogP contribution >= 0.6 is 11.8 Å². The van der Waals surface area contributed by atoms with E-state index >= 15 is 0 Å². The minimum Gasteiger partial charge on any atom is -0.385 e. The van der Waals surface area contributed by atoms with Crippen LogP contribution in [0.25, 0.3) is 0 Å². The number of hydrogen-bond donors (Lipinski definition) is 1. The summed E-state index contributed by atoms with van der Waals surface area (Å²) >= 11 is 2.02. The summed E-state index contributed by atoms with van der Waals surface area (Å²) in [5.41, 5.74) is 0. The van der Waals surface area contributed by atoms with Crippen LogP contribution in [0.4, 0.5) is 0 Å². The number of ether oxygens (including phenoxy) is 1. The number of methoxy groups -OCH3 is 1. The lowest BCUT2D eigenvalue weighted by Gasteiger charge is -2.19. The fourth-order valence-electron chi connectivity index (χ4n) is 1.35. The third-order valence-electron chi connectivity index (χ3n) is 2.22. The van der Waals surface area contributed by atoms with Gasteiger partial charge in [0.15, 0.2) is 0 Å². The van der Waals surface area contributed by atoms with E-state index in [9.17, 15) is 0 Å². The molecule has 0 spiro atoms. The van der Waals surface area contributed by atoms with Crippen molar-refractivity contribution in [3.8, 4) is 0 Å². The van der Waals surface area contributed by atoms with Gasteiger partial charge in [-0.1, -0.05) is 6.92 Å². The van der Waals surface area contributed by atoms with Gasteiger partial charge in [-0.2, -0.15) is 11.8 Å². The second kappa shape index (κ2) is 9.81. The van der Waals surface area contributed by atoms with E-state index in [1.807, 2.05) is 11.8 Å². The molecule has 0 aliphatic rings. The minimum atomic E-state index is 0.566. The van der Waals surface area contributed by atoms with Gasteiger partial charge in [-0.3, -0.25) is 0 Å². The Morgan fingerprint density at radius 3 is 2.43 bits per heavy atom. The van der Waals surface area contributed by atoms with Crippen LogP contribution in [0, 0.1) is 0 Å². The molecule has 1 N–H and O–H groups in total. The van der Waals surface area contributed by atoms with Crippen LogP contribution in [0.1, 0.15) is 33.6 Å². The monoisotopic (exact) mass is 219 g/mol. The standard InChI is InChI=1S/C11H25NOS/c1-5-14-9-7-11(3)12-10(2)6-8-13-4/h10-12H,5-9H2,1-4H3. The van der Waals surface area contributed by atoms with E-state index in [1.165, 1.54) is 17.9 Å². The van der Waals surface area contributed by atoms with Gasteiger partial charge in [0.05, 0.1) is 0 Å². The molecule has 0 aromatic carbocycles. The van der Waals surface area contributed by atoms with Gasteiger partial charge in [0.25, 0.3) is 0 Å². The summed E-state index contributed by atoms with van der Waals surface area (Å²) in [6.07, 6.45) is 2.36. The van der Waals surface area contributed by atoms with Crippen LogP contribution in [0.15, 0.2) is 0 Å². The fraction of sp³-hybridized carbons (Fsp3) is 1.00. The molecule has 86 valence electrons. The molecule has 2 nitrogen and oxygen atoms in total. The molecule has 0 bridgehead atoms. The number of rotatable bonds is 9. The van der Waals surface area contributed by atoms with Crippen molar-refractivity contribution in [3.63, 3.8) is 0 Å². The third-order valence-corrected chi connectivity index (χ3v) is 3.16. The molecule has 0 rings (SSSR count). The van der Waals surface area contributed by atoms with E-state index < -0.39 is 0 Å². The lowest BCUT2D eigenvalue weighted by atomic mass is 10.2. The van der Waals surface area contributed by atoms with Crippen LogP contribution in [-0.4, -0.2) is 37.3 Å². The molecule has 0 amide bonds. The average Bonchev–Trinajstić information content (AvgIpc) is 2.15. The van der Waals surface area contributed by atoms with Crippen molar-refractivity contribution >= 4 is 11.8 Å². The van der Waals surface area contributed by atoms with E-state index in [1.54, 1.807) is 7.11 Å². The highest BCUT2D eigenvalue weighted by Crippen LogP contribution is 2.05. The molecule has 2 unspecified atom stereocenters. The molecular weight excluding hydrogens is 194 g/mol. The zero-order valence-electron chi connectivity index (χ0n) is 10.0. The Labute approximate surface area is 93.2 Å². The van der Waals surface area contributed by atoms with Crippen LogP contribution in [0.2, 0.25) is 0 Å². The summed E-state index contributed by atoms with van der Waals surface area (Å²) in [6, 6.07) is 1.19. The normalized spacial score (nSPS) is 15.4. The first-order valence-corrected chi connectivity index (χ1v) is 6.68. The molecule has 0 aliphatic carbocycles. The van der Waals surface area contributed by atoms with E-state index in [-0.39, 0.29) is 0 Å². The first-order chi connectivity index (χ1) is 6.70. The molecule has 0 heterocycles. The van der Waals surface area contributed by atoms with Gasteiger partial charge in [0.2, 0.25) is 0 Å². The molecule has 0 aromatic heterocycles. The third kappa shape index (κ3) is 8.85. The summed E-state index contributed by atoms with van der Waals surface area (Å²) in [6.45, 7) is 7.55. The molecule has 3 heteroatoms. The lowest BCUT2D eigenvalue weighted by Crippen LogP contribution is -2.35. The lowest BCUT2D eigenvalue weighted by molar-refractivity contribution is 0.183. The van der Waals surface area contributed by atoms with E-state index in [0.29, 0.717) is 12.1 Å². The van der Waals surface area contributed by atoms with Crippen molar-refractivity contribution in [2.24, 2.45) is 0 Å². The SMILES string of the molecule is CCSCCC(C)NC(C)CCOC. The van der Waals surface area contributed by atoms with E-state index in [0.717, 1.165) is 13.0 Å². The smallest absolute Gasteiger partial charge is 0.0476 e. The molecule has 0 radical (unpaired) electrons. The van der Waals surface area contributed by atoms with Crippen molar-refractivity contribution in [2.45, 2.75) is 45.7 Å². The van der Waals surface area contributed by atoms with Crippen molar-refractivity contribution in [1.29, 1.82) is 0 Å². The molecule has 0 aromatic rings. The quantitative estimate of drug-likeness (QED) is 0.602. The van der Waals surface area contributed by atoms with E-state index in [2.05, 4.69) is 26.1 Å². The van der Waals surface area contributed by atoms with Crippen molar-refractivity contribution in [3.05, 3.63) is 0 Å². The zero-order valence-corrected chi connectivity index (χ0v) is 10.8. The first-order valence-electron chi connectivity index (χ1n) is 5.53. The Morgan fingerprint density at radius 1 is 1.21 bits per heavy atom. The van der Waals surface area contributed by atoms with Gasteiger partial charge in [-0.15, -0.1) is 0 Å². The Kier molecular flexibility index (Phi) is 10.0. The highest BCUT2D eigenvalue weighted by molar-refractivity contribution is 7.99. The summed E-state index contributed by atoms with van der Waals surface area (Å²) in [4.78, 5) is 0. The number of hydrogen-bond acceptors (Lipinski definition) is 3. The molecule has 0 saturated heterocycles. The minimum absolute atomic E-state index is 0.566. The summed E-state index contributed by atoms with van der Waals surface area (Å²) < 4.78 is 5.05. The maximum absolute atomic E-state index is 5.05. The van der Waals surface area contributed by atoms with Gasteiger partial charge in [0, 0.05) is 25.8 Å². The van der Waals surface area contributed by atoms with Crippen molar-refractivity contribution in [1.82, 2.24) is 5.32 Å². The second-order valence-electron chi connectivity index (χ2n) is 3.74. The Balaban J connectivity index is 3.35. The summed E-state index contributed by atoms with van der Waals surface area (Å²) in [7, 11) is 1.76. The Morgan fingerprint density at radius 2 is 1.86 bits per heavy atom. The molecule has 14 heavy (non-hydrogen) atoms. The Hall–Kier alpha value is 0.270. The van der Waals surface area contributed by atoms with Gasteiger partial charge >= 0.3 is 0 Å². The van der Waals surface area contributed by atoms with Gasteiger partial charge in [0.1, 0.15) is 0 Å². The topological polar surface area (TPSA) is 21.3 Å². The predicted octanol–water partition coefficient (Wildman–Crippen LogP) is 2.53. The summed E-state index contributed by atoms with van der Waals surface area (Å²) in [5, 5.41) is 3.58. The molecule has 0 saturated carbocycles. The van der Waals surface area contributed by atoms with Gasteiger partial charge in [-0.25, -0.2) is 0 Å². The van der Waals surface area contributed by atoms with E-state index in [4.69, 9.17) is 4.74 Å². The second-order valence-corrected chi connectivity index (χ2v) is 5.13. The van der Waals surface area contributed by atoms with Gasteiger partial charge in [-0.05, 0) is 38.2 Å². The first kappa shape index (κ1) is 14.3. The van der Waals surface area contributed by atoms with Crippen molar-refractivity contribution < 1.29 is 4.74 Å². The average molecular weight is 219 g/mol. The van der Waals surface area contributed by atoms with Crippen LogP contribution < -0.4 is 5.32 Å². The maximum Gasteiger partial charge on any atom is 0.0476 e. The highest BCUT2D eigenvalue weighted by atomic mass is 32.2. The highest BCUT2D eigenvalue weighted by Gasteiger charge is 2.06. The fourth-order valence-corrected chi connectivity index (χ4v) is 2.16. The van der Waals surface area contributed by atoms with Crippen LogP contribution in [0.5, 0.6) is 0 Å².